The molecule has 3 aromatic carbocycles. The van der Waals surface area contributed by atoms with Crippen LogP contribution in [-0.2, 0) is 16.6 Å². The molecule has 0 saturated carbocycles. The zero-order valence-corrected chi connectivity index (χ0v) is 18.5. The summed E-state index contributed by atoms with van der Waals surface area (Å²) in [6.45, 7) is 4.74. The maximum absolute atomic E-state index is 12.0. The second kappa shape index (κ2) is 6.56. The summed E-state index contributed by atoms with van der Waals surface area (Å²) in [5.41, 5.74) is 10.7. The molecule has 2 heteroatoms. The number of fused-ring (bicyclic) bond motifs is 6. The summed E-state index contributed by atoms with van der Waals surface area (Å²) in [4.78, 5) is 12.0. The molecule has 3 aliphatic carbocycles. The van der Waals surface area contributed by atoms with E-state index in [9.17, 15) is 9.90 Å². The number of carboxylic acid groups (broad SMARTS) is 1. The fraction of sp³-hybridized carbons (Fsp3) is 0.233. The molecule has 0 heterocycles. The second-order valence-corrected chi connectivity index (χ2v) is 9.88. The molecule has 1 N–H and O–H groups in total. The van der Waals surface area contributed by atoms with Gasteiger partial charge in [0.15, 0.2) is 0 Å². The van der Waals surface area contributed by atoms with Crippen molar-refractivity contribution in [3.63, 3.8) is 0 Å². The Hall–Kier alpha value is -3.39. The highest BCUT2D eigenvalue weighted by Gasteiger charge is 2.63. The van der Waals surface area contributed by atoms with Crippen LogP contribution >= 0.6 is 0 Å². The van der Waals surface area contributed by atoms with E-state index in [-0.39, 0.29) is 17.3 Å². The smallest absolute Gasteiger partial charge is 0.307 e. The van der Waals surface area contributed by atoms with Crippen molar-refractivity contribution in [1.29, 1.82) is 0 Å². The highest BCUT2D eigenvalue weighted by atomic mass is 16.4. The number of aryl methyl sites for hydroxylation is 1. The van der Waals surface area contributed by atoms with Gasteiger partial charge in [0.2, 0.25) is 0 Å². The molecule has 3 aliphatic rings. The lowest BCUT2D eigenvalue weighted by atomic mass is 9.42. The Bertz CT molecular complexity index is 1340. The van der Waals surface area contributed by atoms with Gasteiger partial charge in [-0.2, -0.15) is 0 Å². The third-order valence-electron chi connectivity index (χ3n) is 7.92. The average Bonchev–Trinajstić information content (AvgIpc) is 3.03. The van der Waals surface area contributed by atoms with Gasteiger partial charge in [-0.25, -0.2) is 0 Å². The first-order valence-corrected chi connectivity index (χ1v) is 11.4. The van der Waals surface area contributed by atoms with Gasteiger partial charge in [-0.1, -0.05) is 92.7 Å². The monoisotopic (exact) mass is 418 g/mol. The molecule has 2 nitrogen and oxygen atoms in total. The van der Waals surface area contributed by atoms with Crippen molar-refractivity contribution in [2.24, 2.45) is 5.41 Å². The average molecular weight is 419 g/mol. The van der Waals surface area contributed by atoms with E-state index < -0.39 is 5.97 Å². The zero-order chi connectivity index (χ0) is 22.1. The molecule has 0 radical (unpaired) electrons. The van der Waals surface area contributed by atoms with Crippen LogP contribution < -0.4 is 0 Å². The van der Waals surface area contributed by atoms with Crippen LogP contribution in [0.5, 0.6) is 0 Å². The van der Waals surface area contributed by atoms with E-state index in [0.717, 1.165) is 24.0 Å². The molecule has 0 fully saturated rings. The van der Waals surface area contributed by atoms with Crippen LogP contribution in [0, 0.1) is 5.41 Å². The van der Waals surface area contributed by atoms with Gasteiger partial charge in [-0.15, -0.1) is 0 Å². The number of rotatable bonds is 3. The number of allylic oxidation sites excluding steroid dienone is 3. The minimum Gasteiger partial charge on any atom is -0.481 e. The van der Waals surface area contributed by atoms with Gasteiger partial charge in [0, 0.05) is 0 Å². The number of carboxylic acids is 1. The minimum absolute atomic E-state index is 0.0445. The van der Waals surface area contributed by atoms with Crippen LogP contribution in [0.1, 0.15) is 54.5 Å². The van der Waals surface area contributed by atoms with E-state index in [1.165, 1.54) is 39.0 Å². The Morgan fingerprint density at radius 3 is 2.25 bits per heavy atom. The largest absolute Gasteiger partial charge is 0.481 e. The SMILES string of the molecule is CC1(C)CCc2ccccc2C12C1=C(CC(=O)O)c3ccccc3C1=C2c1ccccc1. The van der Waals surface area contributed by atoms with Crippen molar-refractivity contribution in [2.75, 3.05) is 0 Å². The summed E-state index contributed by atoms with van der Waals surface area (Å²) >= 11 is 0. The van der Waals surface area contributed by atoms with Crippen molar-refractivity contribution >= 4 is 22.7 Å². The molecule has 1 unspecified atom stereocenters. The number of aliphatic carboxylic acids is 1. The Labute approximate surface area is 188 Å². The van der Waals surface area contributed by atoms with Crippen LogP contribution in [0.3, 0.4) is 0 Å². The van der Waals surface area contributed by atoms with Gasteiger partial charge in [-0.05, 0) is 68.4 Å². The van der Waals surface area contributed by atoms with Gasteiger partial charge >= 0.3 is 5.97 Å². The molecule has 0 aliphatic heterocycles. The van der Waals surface area contributed by atoms with Crippen molar-refractivity contribution in [3.05, 3.63) is 112 Å². The van der Waals surface area contributed by atoms with Crippen LogP contribution in [-0.4, -0.2) is 11.1 Å². The lowest BCUT2D eigenvalue weighted by Crippen LogP contribution is -2.53. The van der Waals surface area contributed by atoms with Crippen LogP contribution in [0.4, 0.5) is 0 Å². The molecule has 1 atom stereocenters. The van der Waals surface area contributed by atoms with Gasteiger partial charge < -0.3 is 5.11 Å². The van der Waals surface area contributed by atoms with E-state index in [4.69, 9.17) is 0 Å². The third kappa shape index (κ3) is 2.27. The van der Waals surface area contributed by atoms with Gasteiger partial charge in [0.05, 0.1) is 11.8 Å². The molecule has 0 bridgehead atoms. The summed E-state index contributed by atoms with van der Waals surface area (Å²) in [6.07, 6.45) is 2.17. The molecule has 6 rings (SSSR count). The lowest BCUT2D eigenvalue weighted by Gasteiger charge is -2.60. The predicted octanol–water partition coefficient (Wildman–Crippen LogP) is 6.76. The molecule has 0 saturated heterocycles. The zero-order valence-electron chi connectivity index (χ0n) is 18.5. The quantitative estimate of drug-likeness (QED) is 0.510. The summed E-state index contributed by atoms with van der Waals surface area (Å²) in [6, 6.07) is 27.9. The van der Waals surface area contributed by atoms with E-state index in [1.807, 2.05) is 6.07 Å². The van der Waals surface area contributed by atoms with E-state index in [2.05, 4.69) is 86.6 Å². The normalized spacial score (nSPS) is 22.3. The second-order valence-electron chi connectivity index (χ2n) is 9.88. The Balaban J connectivity index is 1.80. The molecular weight excluding hydrogens is 392 g/mol. The molecule has 32 heavy (non-hydrogen) atoms. The first-order chi connectivity index (χ1) is 15.5. The summed E-state index contributed by atoms with van der Waals surface area (Å²) < 4.78 is 0. The summed E-state index contributed by atoms with van der Waals surface area (Å²) in [7, 11) is 0. The van der Waals surface area contributed by atoms with Crippen LogP contribution in [0.15, 0.2) is 84.4 Å². The molecule has 158 valence electrons. The lowest BCUT2D eigenvalue weighted by molar-refractivity contribution is -0.135. The maximum atomic E-state index is 12.0. The predicted molar refractivity (Wildman–Crippen MR) is 129 cm³/mol. The number of hydrogen-bond acceptors (Lipinski definition) is 1. The van der Waals surface area contributed by atoms with Gasteiger partial charge in [0.25, 0.3) is 0 Å². The highest BCUT2D eigenvalue weighted by molar-refractivity contribution is 6.23. The Kier molecular flexibility index (Phi) is 3.96. The summed E-state index contributed by atoms with van der Waals surface area (Å²) in [5.74, 6) is -0.770. The third-order valence-corrected chi connectivity index (χ3v) is 7.92. The minimum atomic E-state index is -0.770. The Morgan fingerprint density at radius 2 is 1.50 bits per heavy atom. The van der Waals surface area contributed by atoms with Crippen LogP contribution in [0.25, 0.3) is 16.7 Å². The van der Waals surface area contributed by atoms with Gasteiger partial charge in [0.1, 0.15) is 0 Å². The number of carbonyl (C=O) groups is 1. The molecule has 0 amide bonds. The van der Waals surface area contributed by atoms with Crippen molar-refractivity contribution in [3.8, 4) is 0 Å². The van der Waals surface area contributed by atoms with Crippen molar-refractivity contribution < 1.29 is 9.90 Å². The van der Waals surface area contributed by atoms with Gasteiger partial charge in [-0.3, -0.25) is 4.79 Å². The molecular formula is C30H26O2. The van der Waals surface area contributed by atoms with E-state index in [1.54, 1.807) is 0 Å². The highest BCUT2D eigenvalue weighted by Crippen LogP contribution is 2.74. The fourth-order valence-corrected chi connectivity index (χ4v) is 6.66. The molecule has 1 spiro atoms. The number of hydrogen-bond donors (Lipinski definition) is 1. The number of benzene rings is 3. The fourth-order valence-electron chi connectivity index (χ4n) is 6.66. The standard InChI is InChI=1S/C30H26O2/c1-29(2)17-16-19-10-6-9-15-24(19)30(29)27(20-11-4-3-5-12-20)26-22-14-8-7-13-21(22)23(28(26)30)18-25(31)32/h3-15H,16-18H2,1-2H3,(H,31,32). The topological polar surface area (TPSA) is 37.3 Å². The first-order valence-electron chi connectivity index (χ1n) is 11.4. The van der Waals surface area contributed by atoms with E-state index >= 15 is 0 Å². The van der Waals surface area contributed by atoms with E-state index in [0.29, 0.717) is 0 Å². The Morgan fingerprint density at radius 1 is 0.844 bits per heavy atom. The molecule has 0 aromatic heterocycles. The molecule has 3 aromatic rings. The maximum Gasteiger partial charge on any atom is 0.307 e. The van der Waals surface area contributed by atoms with Crippen molar-refractivity contribution in [2.45, 2.75) is 38.5 Å². The van der Waals surface area contributed by atoms with Crippen LogP contribution in [0.2, 0.25) is 0 Å². The first kappa shape index (κ1) is 19.3. The summed E-state index contributed by atoms with van der Waals surface area (Å²) in [5, 5.41) is 9.87. The van der Waals surface area contributed by atoms with Crippen molar-refractivity contribution in [1.82, 2.24) is 0 Å².